The van der Waals surface area contributed by atoms with E-state index < -0.39 is 12.1 Å². The van der Waals surface area contributed by atoms with Crippen LogP contribution in [0.5, 0.6) is 0 Å². The molecule has 59 heavy (non-hydrogen) atoms. The molecule has 6 aromatic rings. The number of imidazole rings is 2. The molecule has 2 aliphatic heterocycles. The number of aromatic amines is 2. The van der Waals surface area contributed by atoms with Gasteiger partial charge in [0.25, 0.3) is 5.91 Å². The van der Waals surface area contributed by atoms with Crippen molar-refractivity contribution in [2.45, 2.75) is 56.8 Å². The number of aromatic nitrogens is 4. The van der Waals surface area contributed by atoms with Gasteiger partial charge in [0.2, 0.25) is 5.91 Å². The molecule has 0 bridgehead atoms. The summed E-state index contributed by atoms with van der Waals surface area (Å²) in [6, 6.07) is 32.1. The molecular formula is C47H50N8O4. The van der Waals surface area contributed by atoms with Gasteiger partial charge >= 0.3 is 6.09 Å². The van der Waals surface area contributed by atoms with Crippen LogP contribution in [0.25, 0.3) is 33.6 Å². The average molecular weight is 791 g/mol. The van der Waals surface area contributed by atoms with Crippen LogP contribution in [0.4, 0.5) is 4.79 Å². The molecular weight excluding hydrogens is 741 g/mol. The summed E-state index contributed by atoms with van der Waals surface area (Å²) >= 11 is 0. The fraction of sp³-hybridized carbons (Fsp3) is 0.298. The molecule has 0 saturated carbocycles. The lowest BCUT2D eigenvalue weighted by Crippen LogP contribution is -2.43. The van der Waals surface area contributed by atoms with Crippen molar-refractivity contribution >= 4 is 17.9 Å². The molecule has 302 valence electrons. The Kier molecular flexibility index (Phi) is 11.2. The number of amides is 3. The Morgan fingerprint density at radius 3 is 1.64 bits per heavy atom. The number of carboxylic acid groups (broad SMARTS) is 1. The number of nitrogens with one attached hydrogen (secondary N) is 2. The number of carbonyl (C=O) groups is 3. The largest absolute Gasteiger partial charge is 0.465 e. The lowest BCUT2D eigenvalue weighted by Gasteiger charge is -2.32. The smallest absolute Gasteiger partial charge is 0.407 e. The molecule has 4 atom stereocenters. The van der Waals surface area contributed by atoms with E-state index in [1.165, 1.54) is 7.05 Å². The second-order valence-electron chi connectivity index (χ2n) is 15.8. The van der Waals surface area contributed by atoms with E-state index in [4.69, 9.17) is 9.97 Å². The molecule has 0 unspecified atom stereocenters. The molecule has 2 saturated heterocycles. The number of likely N-dealkylation sites (tertiary alicyclic amines) is 2. The summed E-state index contributed by atoms with van der Waals surface area (Å²) in [5.41, 5.74) is 8.69. The average Bonchev–Trinajstić information content (AvgIpc) is 4.09. The summed E-state index contributed by atoms with van der Waals surface area (Å²) in [6.07, 6.45) is 5.83. The first-order valence-corrected chi connectivity index (χ1v) is 20.2. The molecule has 12 nitrogen and oxygen atoms in total. The van der Waals surface area contributed by atoms with Crippen LogP contribution < -0.4 is 0 Å². The first-order valence-electron chi connectivity index (χ1n) is 20.2. The van der Waals surface area contributed by atoms with Gasteiger partial charge in [0, 0.05) is 20.1 Å². The molecule has 0 radical (unpaired) electrons. The highest BCUT2D eigenvalue weighted by Gasteiger charge is 2.40. The minimum atomic E-state index is -1.16. The Hall–Kier alpha value is -6.53. The van der Waals surface area contributed by atoms with Gasteiger partial charge in [0.15, 0.2) is 0 Å². The molecule has 4 heterocycles. The van der Waals surface area contributed by atoms with Crippen LogP contribution in [0, 0.1) is 6.92 Å². The van der Waals surface area contributed by atoms with Crippen LogP contribution in [-0.2, 0) is 9.59 Å². The first kappa shape index (κ1) is 39.3. The Labute approximate surface area is 344 Å². The van der Waals surface area contributed by atoms with E-state index in [0.717, 1.165) is 81.2 Å². The maximum atomic E-state index is 14.0. The van der Waals surface area contributed by atoms with Crippen LogP contribution in [0.1, 0.15) is 78.2 Å². The zero-order valence-electron chi connectivity index (χ0n) is 33.9. The molecule has 2 fully saturated rings. The Morgan fingerprint density at radius 2 is 1.14 bits per heavy atom. The van der Waals surface area contributed by atoms with Gasteiger partial charge in [0.1, 0.15) is 23.7 Å². The third kappa shape index (κ3) is 7.88. The van der Waals surface area contributed by atoms with E-state index in [1.54, 1.807) is 23.2 Å². The van der Waals surface area contributed by atoms with Gasteiger partial charge in [-0.3, -0.25) is 19.4 Å². The molecule has 3 N–H and O–H groups in total. The van der Waals surface area contributed by atoms with Gasteiger partial charge in [-0.05, 0) is 91.7 Å². The molecule has 2 aliphatic rings. The summed E-state index contributed by atoms with van der Waals surface area (Å²) in [5.74, 6) is 1.33. The number of hydrogen-bond donors (Lipinski definition) is 3. The summed E-state index contributed by atoms with van der Waals surface area (Å²) in [7, 11) is 5.34. The van der Waals surface area contributed by atoms with E-state index in [1.807, 2.05) is 78.6 Å². The van der Waals surface area contributed by atoms with Crippen LogP contribution >= 0.6 is 0 Å². The SMILES string of the molecule is Cc1cc(-c2cnc([C@@H]3CCCN3C(=O)[C@@H](c3ccccc3)N(C)C)[nH]2)ccc1-c1ccc(-c2cnc([C@@H]3CCCN3C(=O)[C@@H](c3ccccc3)N(C)C(=O)O)[nH]2)cc1. The van der Waals surface area contributed by atoms with Gasteiger partial charge in [-0.2, -0.15) is 0 Å². The third-order valence-corrected chi connectivity index (χ3v) is 11.8. The summed E-state index contributed by atoms with van der Waals surface area (Å²) < 4.78 is 0. The zero-order chi connectivity index (χ0) is 41.2. The lowest BCUT2D eigenvalue weighted by molar-refractivity contribution is -0.138. The maximum Gasteiger partial charge on any atom is 0.407 e. The minimum absolute atomic E-state index is 0.0909. The van der Waals surface area contributed by atoms with Crippen molar-refractivity contribution in [2.75, 3.05) is 34.2 Å². The van der Waals surface area contributed by atoms with Crippen molar-refractivity contribution < 1.29 is 19.5 Å². The number of rotatable bonds is 11. The van der Waals surface area contributed by atoms with Crippen LogP contribution in [0.2, 0.25) is 0 Å². The molecule has 2 aromatic heterocycles. The molecule has 4 aromatic carbocycles. The highest BCUT2D eigenvalue weighted by atomic mass is 16.4. The van der Waals surface area contributed by atoms with Crippen LogP contribution in [0.15, 0.2) is 116 Å². The predicted octanol–water partition coefficient (Wildman–Crippen LogP) is 8.42. The number of H-pyrrole nitrogens is 2. The quantitative estimate of drug-likeness (QED) is 0.120. The summed E-state index contributed by atoms with van der Waals surface area (Å²) in [6.45, 7) is 3.34. The predicted molar refractivity (Wildman–Crippen MR) is 227 cm³/mol. The molecule has 8 rings (SSSR count). The highest BCUT2D eigenvalue weighted by molar-refractivity contribution is 5.87. The number of aryl methyl sites for hydroxylation is 1. The van der Waals surface area contributed by atoms with Crippen molar-refractivity contribution in [1.82, 2.24) is 39.5 Å². The number of nitrogens with zero attached hydrogens (tertiary/aromatic N) is 6. The molecule has 0 spiro atoms. The normalized spacial score (nSPS) is 17.6. The Morgan fingerprint density at radius 1 is 0.661 bits per heavy atom. The first-order chi connectivity index (χ1) is 28.6. The highest BCUT2D eigenvalue weighted by Crippen LogP contribution is 2.38. The second-order valence-corrected chi connectivity index (χ2v) is 15.8. The van der Waals surface area contributed by atoms with Gasteiger partial charge in [0.05, 0.1) is 35.9 Å². The molecule has 12 heteroatoms. The minimum Gasteiger partial charge on any atom is -0.465 e. The fourth-order valence-electron chi connectivity index (χ4n) is 8.81. The van der Waals surface area contributed by atoms with E-state index >= 15 is 0 Å². The van der Waals surface area contributed by atoms with Gasteiger partial charge in [-0.1, -0.05) is 97.1 Å². The third-order valence-electron chi connectivity index (χ3n) is 11.8. The second kappa shape index (κ2) is 16.8. The van der Waals surface area contributed by atoms with Gasteiger partial charge in [-0.25, -0.2) is 14.8 Å². The summed E-state index contributed by atoms with van der Waals surface area (Å²) in [5, 5.41) is 9.81. The van der Waals surface area contributed by atoms with Crippen molar-refractivity contribution in [3.8, 4) is 33.6 Å². The van der Waals surface area contributed by atoms with Crippen LogP contribution in [0.3, 0.4) is 0 Å². The van der Waals surface area contributed by atoms with Crippen molar-refractivity contribution in [3.05, 3.63) is 144 Å². The van der Waals surface area contributed by atoms with Gasteiger partial charge in [-0.15, -0.1) is 0 Å². The van der Waals surface area contributed by atoms with Gasteiger partial charge < -0.3 is 24.9 Å². The lowest BCUT2D eigenvalue weighted by atomic mass is 9.96. The fourth-order valence-corrected chi connectivity index (χ4v) is 8.81. The summed E-state index contributed by atoms with van der Waals surface area (Å²) in [4.78, 5) is 63.3. The topological polar surface area (TPSA) is 142 Å². The monoisotopic (exact) mass is 790 g/mol. The van der Waals surface area contributed by atoms with E-state index in [9.17, 15) is 19.5 Å². The van der Waals surface area contributed by atoms with Crippen molar-refractivity contribution in [1.29, 1.82) is 0 Å². The number of likely N-dealkylation sites (N-methyl/N-ethyl adjacent to an activating group) is 2. The van der Waals surface area contributed by atoms with E-state index in [0.29, 0.717) is 24.5 Å². The van der Waals surface area contributed by atoms with Crippen molar-refractivity contribution in [2.24, 2.45) is 0 Å². The van der Waals surface area contributed by atoms with Crippen LogP contribution in [-0.4, -0.2) is 96.8 Å². The van der Waals surface area contributed by atoms with E-state index in [-0.39, 0.29) is 29.9 Å². The number of hydrogen-bond acceptors (Lipinski definition) is 6. The Bertz CT molecular complexity index is 2430. The standard InChI is InChI=1S/C47H50N8O4/c1-30-27-35(38-29-49-44(51-38)39-17-11-25-54(39)45(56)41(52(2)3)33-13-7-5-8-14-33)23-24-36(30)31-19-21-32(22-20-31)37-28-48-43(50-37)40-18-12-26-55(40)46(57)42(53(4)47(58)59)34-15-9-6-10-16-34/h5-10,13-16,19-24,27-29,39-42H,11-12,17-18,25-26H2,1-4H3,(H,48,50)(H,49,51)(H,58,59)/t39-,40-,41+,42+/m0/s1. The van der Waals surface area contributed by atoms with E-state index in [2.05, 4.69) is 59.4 Å². The molecule has 3 amide bonds. The zero-order valence-corrected chi connectivity index (χ0v) is 33.9. The number of carbonyl (C=O) groups excluding carboxylic acids is 2. The maximum absolute atomic E-state index is 14.0. The van der Waals surface area contributed by atoms with Crippen molar-refractivity contribution in [3.63, 3.8) is 0 Å². The molecule has 0 aliphatic carbocycles. The number of benzene rings is 4. The Balaban J connectivity index is 0.953.